The van der Waals surface area contributed by atoms with Crippen LogP contribution in [0.2, 0.25) is 0 Å². The van der Waals surface area contributed by atoms with Crippen LogP contribution in [-0.2, 0) is 20.5 Å². The third kappa shape index (κ3) is 6.09. The number of nitrogens with one attached hydrogen (secondary N) is 2. The van der Waals surface area contributed by atoms with Crippen LogP contribution >= 0.6 is 0 Å². The van der Waals surface area contributed by atoms with Crippen molar-refractivity contribution >= 4 is 23.3 Å². The normalized spacial score (nSPS) is 13.5. The molecule has 0 heterocycles. The van der Waals surface area contributed by atoms with Gasteiger partial charge in [0.2, 0.25) is 5.91 Å². The number of nitrogens with zero attached hydrogens (tertiary/aromatic N) is 1. The molecular formula is C15H18F3N3O6. The molecule has 0 fully saturated rings. The minimum absolute atomic E-state index is 0.166. The largest absolute Gasteiger partial charge is 0.479 e. The second-order valence-electron chi connectivity index (χ2n) is 5.78. The van der Waals surface area contributed by atoms with Gasteiger partial charge in [0.05, 0.1) is 17.1 Å². The lowest BCUT2D eigenvalue weighted by Crippen LogP contribution is -2.55. The number of methoxy groups -OCH3 is 1. The Balaban J connectivity index is 2.77. The maximum atomic E-state index is 12.7. The van der Waals surface area contributed by atoms with Crippen molar-refractivity contribution in [3.05, 3.63) is 33.9 Å². The van der Waals surface area contributed by atoms with E-state index in [-0.39, 0.29) is 25.3 Å². The molecule has 1 amide bonds. The molecule has 1 aromatic rings. The molecule has 0 saturated heterocycles. The summed E-state index contributed by atoms with van der Waals surface area (Å²) < 4.78 is 42.7. The Morgan fingerprint density at radius 1 is 1.33 bits per heavy atom. The standard InChI is InChI=1S/C15H18F3N3O6/c1-14(8-27-2,13(23)24)20-12(22)5-6-19-10-4-3-9(15(16,17)18)7-11(10)21(25)26/h3-4,7,19H,5-6,8H2,1-2H3,(H,20,22)(H,23,24). The van der Waals surface area contributed by atoms with Gasteiger partial charge in [0.25, 0.3) is 5.69 Å². The molecule has 1 unspecified atom stereocenters. The number of halogens is 3. The topological polar surface area (TPSA) is 131 Å². The quantitative estimate of drug-likeness (QED) is 0.432. The highest BCUT2D eigenvalue weighted by Crippen LogP contribution is 2.34. The maximum absolute atomic E-state index is 12.7. The smallest absolute Gasteiger partial charge is 0.416 e. The van der Waals surface area contributed by atoms with Gasteiger partial charge in [0, 0.05) is 26.1 Å². The number of hydrogen-bond acceptors (Lipinski definition) is 6. The molecule has 9 nitrogen and oxygen atoms in total. The lowest BCUT2D eigenvalue weighted by atomic mass is 10.0. The zero-order chi connectivity index (χ0) is 20.8. The third-order valence-electron chi connectivity index (χ3n) is 3.51. The van der Waals surface area contributed by atoms with Gasteiger partial charge in [0.15, 0.2) is 5.54 Å². The summed E-state index contributed by atoms with van der Waals surface area (Å²) in [5.41, 5.74) is -3.82. The molecule has 0 aliphatic rings. The van der Waals surface area contributed by atoms with Crippen molar-refractivity contribution in [2.75, 3.05) is 25.6 Å². The number of hydrogen-bond donors (Lipinski definition) is 3. The van der Waals surface area contributed by atoms with Gasteiger partial charge < -0.3 is 20.5 Å². The van der Waals surface area contributed by atoms with Gasteiger partial charge >= 0.3 is 12.1 Å². The van der Waals surface area contributed by atoms with Gasteiger partial charge in [-0.25, -0.2) is 4.79 Å². The number of carbonyl (C=O) groups is 2. The predicted octanol–water partition coefficient (Wildman–Crippen LogP) is 2.02. The average Bonchev–Trinajstić information content (AvgIpc) is 2.53. The zero-order valence-corrected chi connectivity index (χ0v) is 14.4. The number of carboxylic acids is 1. The molecule has 0 aliphatic carbocycles. The molecule has 0 saturated carbocycles. The van der Waals surface area contributed by atoms with Crippen molar-refractivity contribution in [1.82, 2.24) is 5.32 Å². The van der Waals surface area contributed by atoms with E-state index in [2.05, 4.69) is 10.6 Å². The van der Waals surface area contributed by atoms with E-state index in [1.165, 1.54) is 14.0 Å². The fourth-order valence-electron chi connectivity index (χ4n) is 2.13. The van der Waals surface area contributed by atoms with E-state index < -0.39 is 39.8 Å². The molecule has 0 radical (unpaired) electrons. The summed E-state index contributed by atoms with van der Waals surface area (Å²) in [6.45, 7) is 0.789. The number of amides is 1. The number of ether oxygens (including phenoxy) is 1. The first-order chi connectivity index (χ1) is 12.4. The summed E-state index contributed by atoms with van der Waals surface area (Å²) in [7, 11) is 1.26. The number of anilines is 1. The van der Waals surface area contributed by atoms with Crippen molar-refractivity contribution in [2.45, 2.75) is 25.1 Å². The molecule has 150 valence electrons. The Kier molecular flexibility index (Phi) is 7.11. The number of carbonyl (C=O) groups excluding carboxylic acids is 1. The monoisotopic (exact) mass is 393 g/mol. The lowest BCUT2D eigenvalue weighted by molar-refractivity contribution is -0.384. The van der Waals surface area contributed by atoms with Crippen LogP contribution in [0, 0.1) is 10.1 Å². The number of rotatable bonds is 9. The van der Waals surface area contributed by atoms with Crippen molar-refractivity contribution in [1.29, 1.82) is 0 Å². The third-order valence-corrected chi connectivity index (χ3v) is 3.51. The Morgan fingerprint density at radius 3 is 2.44 bits per heavy atom. The molecule has 3 N–H and O–H groups in total. The molecule has 0 aliphatic heterocycles. The first-order valence-corrected chi connectivity index (χ1v) is 7.53. The van der Waals surface area contributed by atoms with Crippen LogP contribution in [0.1, 0.15) is 18.9 Å². The number of nitro groups is 1. The highest BCUT2D eigenvalue weighted by Gasteiger charge is 2.35. The first-order valence-electron chi connectivity index (χ1n) is 7.53. The number of alkyl halides is 3. The number of aliphatic carboxylic acids is 1. The van der Waals surface area contributed by atoms with E-state index in [1.807, 2.05) is 0 Å². The molecule has 0 spiro atoms. The molecule has 12 heteroatoms. The summed E-state index contributed by atoms with van der Waals surface area (Å²) >= 11 is 0. The van der Waals surface area contributed by atoms with Gasteiger partial charge in [-0.3, -0.25) is 14.9 Å². The molecule has 1 aromatic carbocycles. The maximum Gasteiger partial charge on any atom is 0.416 e. The fourth-order valence-corrected chi connectivity index (χ4v) is 2.13. The molecule has 0 bridgehead atoms. The number of benzene rings is 1. The average molecular weight is 393 g/mol. The van der Waals surface area contributed by atoms with E-state index >= 15 is 0 Å². The number of nitro benzene ring substituents is 1. The Bertz CT molecular complexity index is 725. The van der Waals surface area contributed by atoms with Crippen molar-refractivity contribution in [3.8, 4) is 0 Å². The van der Waals surface area contributed by atoms with Gasteiger partial charge in [-0.2, -0.15) is 13.2 Å². The summed E-state index contributed by atoms with van der Waals surface area (Å²) in [5.74, 6) is -2.00. The molecular weight excluding hydrogens is 375 g/mol. The summed E-state index contributed by atoms with van der Waals surface area (Å²) in [6, 6.07) is 1.96. The van der Waals surface area contributed by atoms with Crippen LogP contribution in [0.4, 0.5) is 24.5 Å². The van der Waals surface area contributed by atoms with Gasteiger partial charge in [-0.1, -0.05) is 0 Å². The first kappa shape index (κ1) is 22.2. The van der Waals surface area contributed by atoms with Gasteiger partial charge in [0.1, 0.15) is 5.69 Å². The van der Waals surface area contributed by atoms with Crippen molar-refractivity contribution < 1.29 is 37.5 Å². The molecule has 27 heavy (non-hydrogen) atoms. The van der Waals surface area contributed by atoms with Crippen LogP contribution in [-0.4, -0.2) is 47.7 Å². The van der Waals surface area contributed by atoms with Gasteiger partial charge in [-0.05, 0) is 19.1 Å². The zero-order valence-electron chi connectivity index (χ0n) is 14.4. The van der Waals surface area contributed by atoms with Crippen molar-refractivity contribution in [3.63, 3.8) is 0 Å². The Morgan fingerprint density at radius 2 is 1.96 bits per heavy atom. The van der Waals surface area contributed by atoms with E-state index in [1.54, 1.807) is 0 Å². The SMILES string of the molecule is COCC(C)(NC(=O)CCNc1ccc(C(F)(F)F)cc1[N+](=O)[O-])C(=O)O. The second kappa shape index (κ2) is 8.66. The van der Waals surface area contributed by atoms with Crippen molar-refractivity contribution in [2.24, 2.45) is 0 Å². The van der Waals surface area contributed by atoms with Crippen LogP contribution in [0.5, 0.6) is 0 Å². The van der Waals surface area contributed by atoms with E-state index in [4.69, 9.17) is 9.84 Å². The Hall–Kier alpha value is -2.89. The minimum atomic E-state index is -4.73. The van der Waals surface area contributed by atoms with Crippen LogP contribution in [0.3, 0.4) is 0 Å². The highest BCUT2D eigenvalue weighted by molar-refractivity contribution is 5.87. The van der Waals surface area contributed by atoms with E-state index in [0.717, 1.165) is 6.07 Å². The molecule has 0 aromatic heterocycles. The highest BCUT2D eigenvalue weighted by atomic mass is 19.4. The summed E-state index contributed by atoms with van der Waals surface area (Å²) in [5, 5.41) is 24.9. The predicted molar refractivity (Wildman–Crippen MR) is 87.3 cm³/mol. The van der Waals surface area contributed by atoms with Crippen LogP contribution < -0.4 is 10.6 Å². The minimum Gasteiger partial charge on any atom is -0.479 e. The van der Waals surface area contributed by atoms with E-state index in [0.29, 0.717) is 12.1 Å². The fraction of sp³-hybridized carbons (Fsp3) is 0.467. The summed E-state index contributed by atoms with van der Waals surface area (Å²) in [4.78, 5) is 33.1. The second-order valence-corrected chi connectivity index (χ2v) is 5.78. The lowest BCUT2D eigenvalue weighted by Gasteiger charge is -2.25. The van der Waals surface area contributed by atoms with E-state index in [9.17, 15) is 32.9 Å². The molecule has 1 rings (SSSR count). The molecule has 1 atom stereocenters. The van der Waals surface area contributed by atoms with Crippen LogP contribution in [0.15, 0.2) is 18.2 Å². The van der Waals surface area contributed by atoms with Crippen LogP contribution in [0.25, 0.3) is 0 Å². The van der Waals surface area contributed by atoms with Gasteiger partial charge in [-0.15, -0.1) is 0 Å². The number of carboxylic acid groups (broad SMARTS) is 1. The summed E-state index contributed by atoms with van der Waals surface area (Å²) in [6.07, 6.45) is -5.00. The Labute approximate surface area is 151 Å².